The van der Waals surface area contributed by atoms with Crippen LogP contribution in [0.1, 0.15) is 0 Å². The summed E-state index contributed by atoms with van der Waals surface area (Å²) in [7, 11) is -4.33. The van der Waals surface area contributed by atoms with E-state index in [4.69, 9.17) is 13.0 Å². The van der Waals surface area contributed by atoms with Gasteiger partial charge in [-0.3, -0.25) is 8.42 Å². The summed E-state index contributed by atoms with van der Waals surface area (Å²) >= 11 is 3.24. The van der Waals surface area contributed by atoms with Crippen molar-refractivity contribution in [3.8, 4) is 0 Å². The Balaban J connectivity index is -0.0000000800. The molecule has 0 aromatic carbocycles. The molecule has 0 aliphatic rings. The molecule has 0 bridgehead atoms. The van der Waals surface area contributed by atoms with E-state index in [-0.39, 0.29) is 60.1 Å². The van der Waals surface area contributed by atoms with Gasteiger partial charge < -0.3 is 16.2 Å². The summed E-state index contributed by atoms with van der Waals surface area (Å²) in [5.41, 5.74) is 0. The molecule has 0 aliphatic heterocycles. The number of hydrogen-bond donors (Lipinski definition) is 0. The summed E-state index contributed by atoms with van der Waals surface area (Å²) in [6.07, 6.45) is 0. The van der Waals surface area contributed by atoms with Gasteiger partial charge in [-0.05, 0) is 9.15 Å². The molecule has 0 atom stereocenters. The van der Waals surface area contributed by atoms with Crippen molar-refractivity contribution >= 4 is 58.5 Å². The van der Waals surface area contributed by atoms with Crippen LogP contribution in [0.4, 0.5) is 0 Å². The number of rotatable bonds is 0. The van der Waals surface area contributed by atoms with E-state index in [9.17, 15) is 0 Å². The van der Waals surface area contributed by atoms with Crippen LogP contribution in [0.15, 0.2) is 0 Å². The molecule has 0 fully saturated rings. The Labute approximate surface area is 92.3 Å². The molecule has 0 saturated heterocycles. The first-order chi connectivity index (χ1) is 2.00. The Kier molecular flexibility index (Phi) is 14.7. The molecule has 0 aliphatic carbocycles. The van der Waals surface area contributed by atoms with E-state index in [1.54, 1.807) is 0 Å². The summed E-state index contributed by atoms with van der Waals surface area (Å²) in [6, 6.07) is 0. The van der Waals surface area contributed by atoms with Crippen LogP contribution in [-0.4, -0.2) is 50.7 Å². The van der Waals surface area contributed by atoms with Gasteiger partial charge in [-0.15, -0.1) is 0 Å². The Bertz CT molecular complexity index is 96.1. The second-order valence-electron chi connectivity index (χ2n) is 0.408. The van der Waals surface area contributed by atoms with Crippen molar-refractivity contribution in [2.75, 3.05) is 0 Å². The molecule has 7 heavy (non-hydrogen) atoms. The summed E-state index contributed by atoms with van der Waals surface area (Å²) in [5, 5.41) is 0. The zero-order valence-electron chi connectivity index (χ0n) is 3.05. The van der Waals surface area contributed by atoms with Gasteiger partial charge >= 0.3 is 37.7 Å². The second-order valence-corrected chi connectivity index (χ2v) is 2.45. The third kappa shape index (κ3) is 63.4. The minimum atomic E-state index is -4.33. The fourth-order valence-electron chi connectivity index (χ4n) is 0. The normalized spacial score (nSPS) is 8.29. The standard InChI is InChI=1S/Au.Ca.H2O3S2/c;;1-5(2,3)4/h;;(H2,1,2,3,4)/q;+2;/p-2. The van der Waals surface area contributed by atoms with Gasteiger partial charge in [-0.1, -0.05) is 0 Å². The molecular formula is AuCaO3S2. The molecule has 0 heterocycles. The maximum absolute atomic E-state index is 8.89. The van der Waals surface area contributed by atoms with Crippen molar-refractivity contribution in [3.63, 3.8) is 0 Å². The maximum atomic E-state index is 8.89. The molecule has 43 valence electrons. The first-order valence-electron chi connectivity index (χ1n) is 0.667. The Morgan fingerprint density at radius 2 is 1.43 bits per heavy atom. The van der Waals surface area contributed by atoms with E-state index in [0.29, 0.717) is 0 Å². The predicted molar refractivity (Wildman–Crippen MR) is 22.8 cm³/mol. The van der Waals surface area contributed by atoms with Crippen LogP contribution in [0.2, 0.25) is 0 Å². The van der Waals surface area contributed by atoms with Crippen molar-refractivity contribution in [2.45, 2.75) is 0 Å². The quantitative estimate of drug-likeness (QED) is 0.234. The summed E-state index contributed by atoms with van der Waals surface area (Å²) < 4.78 is 26.7. The molecule has 0 spiro atoms. The minimum Gasteiger partial charge on any atom is -0.768 e. The van der Waals surface area contributed by atoms with Gasteiger partial charge in [-0.2, -0.15) is 0 Å². The fourth-order valence-corrected chi connectivity index (χ4v) is 0. The van der Waals surface area contributed by atoms with E-state index in [0.717, 1.165) is 0 Å². The van der Waals surface area contributed by atoms with Crippen LogP contribution in [-0.2, 0) is 43.2 Å². The molecule has 0 aromatic rings. The van der Waals surface area contributed by atoms with Crippen LogP contribution < -0.4 is 0 Å². The average molecular weight is 349 g/mol. The van der Waals surface area contributed by atoms with Crippen molar-refractivity contribution in [1.29, 1.82) is 0 Å². The summed E-state index contributed by atoms with van der Waals surface area (Å²) in [4.78, 5) is 0. The third-order valence-corrected chi connectivity index (χ3v) is 0. The van der Waals surface area contributed by atoms with Crippen LogP contribution in [0.3, 0.4) is 0 Å². The SMILES string of the molecule is O=S(=O)([O-])[S-].[Au].[Ca+2]. The zero-order valence-corrected chi connectivity index (χ0v) is 9.06. The van der Waals surface area contributed by atoms with Gasteiger partial charge in [0, 0.05) is 22.4 Å². The minimum absolute atomic E-state index is 0. The van der Waals surface area contributed by atoms with E-state index in [1.807, 2.05) is 0 Å². The van der Waals surface area contributed by atoms with E-state index < -0.39 is 9.15 Å². The van der Waals surface area contributed by atoms with Gasteiger partial charge in [0.1, 0.15) is 0 Å². The largest absolute Gasteiger partial charge is 2.00 e. The molecule has 7 heteroatoms. The van der Waals surface area contributed by atoms with E-state index >= 15 is 0 Å². The van der Waals surface area contributed by atoms with Gasteiger partial charge in [0.05, 0.1) is 0 Å². The molecule has 3 nitrogen and oxygen atoms in total. The molecule has 0 rings (SSSR count). The fraction of sp³-hybridized carbons (Fsp3) is 0. The summed E-state index contributed by atoms with van der Waals surface area (Å²) in [6.45, 7) is 0. The van der Waals surface area contributed by atoms with E-state index in [1.165, 1.54) is 0 Å². The Morgan fingerprint density at radius 3 is 1.43 bits per heavy atom. The van der Waals surface area contributed by atoms with Gasteiger partial charge in [-0.25, -0.2) is 0 Å². The molecule has 0 saturated carbocycles. The van der Waals surface area contributed by atoms with Crippen molar-refractivity contribution < 1.29 is 35.4 Å². The van der Waals surface area contributed by atoms with Gasteiger partial charge in [0.25, 0.3) is 0 Å². The van der Waals surface area contributed by atoms with Crippen LogP contribution in [0, 0.1) is 0 Å². The molecule has 0 aromatic heterocycles. The Hall–Kier alpha value is 2.26. The zero-order chi connectivity index (χ0) is 4.50. The second kappa shape index (κ2) is 6.38. The Morgan fingerprint density at radius 1 is 1.43 bits per heavy atom. The van der Waals surface area contributed by atoms with Crippen LogP contribution in [0.25, 0.3) is 0 Å². The topological polar surface area (TPSA) is 57.2 Å². The van der Waals surface area contributed by atoms with Crippen molar-refractivity contribution in [2.24, 2.45) is 0 Å². The first-order valence-corrected chi connectivity index (χ1v) is 3.00. The van der Waals surface area contributed by atoms with Gasteiger partial charge in [0.2, 0.25) is 0 Å². The summed E-state index contributed by atoms with van der Waals surface area (Å²) in [5.74, 6) is 0. The van der Waals surface area contributed by atoms with Gasteiger partial charge in [0.15, 0.2) is 0 Å². The number of hydrogen-bond acceptors (Lipinski definition) is 4. The predicted octanol–water partition coefficient (Wildman–Crippen LogP) is -1.39. The van der Waals surface area contributed by atoms with Crippen LogP contribution in [0.5, 0.6) is 0 Å². The monoisotopic (exact) mass is 349 g/mol. The van der Waals surface area contributed by atoms with E-state index in [2.05, 4.69) is 11.7 Å². The molecular weight excluding hydrogens is 349 g/mol. The maximum Gasteiger partial charge on any atom is 2.00 e. The molecule has 1 radical (unpaired) electrons. The van der Waals surface area contributed by atoms with Crippen molar-refractivity contribution in [1.82, 2.24) is 0 Å². The smallest absolute Gasteiger partial charge is 0.768 e. The van der Waals surface area contributed by atoms with Crippen LogP contribution >= 0.6 is 0 Å². The first kappa shape index (κ1) is 16.1. The third-order valence-electron chi connectivity index (χ3n) is 0. The molecule has 0 amide bonds. The van der Waals surface area contributed by atoms with Crippen molar-refractivity contribution in [3.05, 3.63) is 0 Å². The molecule has 0 N–H and O–H groups in total. The average Bonchev–Trinajstić information content (AvgIpc) is 0.722. The molecule has 0 unspecified atom stereocenters.